The molecule has 3 amide bonds. The topological polar surface area (TPSA) is 93.6 Å². The molecule has 4 heterocycles. The summed E-state index contributed by atoms with van der Waals surface area (Å²) in [6, 6.07) is 16.2. The molecular formula is C32H36N4O5. The van der Waals surface area contributed by atoms with Crippen LogP contribution in [0.5, 0.6) is 0 Å². The Bertz CT molecular complexity index is 1370. The first-order valence-electron chi connectivity index (χ1n) is 14.4. The van der Waals surface area contributed by atoms with Gasteiger partial charge in [0.2, 0.25) is 11.8 Å². The third kappa shape index (κ3) is 4.26. The van der Waals surface area contributed by atoms with Gasteiger partial charge in [-0.1, -0.05) is 42.5 Å². The van der Waals surface area contributed by atoms with Gasteiger partial charge in [-0.2, -0.15) is 0 Å². The highest BCUT2D eigenvalue weighted by atomic mass is 16.5. The molecule has 1 N–H and O–H groups in total. The molecule has 0 aromatic heterocycles. The van der Waals surface area contributed by atoms with Crippen LogP contribution in [0.3, 0.4) is 0 Å². The molecule has 0 radical (unpaired) electrons. The lowest BCUT2D eigenvalue weighted by Crippen LogP contribution is -2.55. The van der Waals surface area contributed by atoms with Crippen LogP contribution < -0.4 is 14.7 Å². The Kier molecular flexibility index (Phi) is 7.17. The van der Waals surface area contributed by atoms with E-state index in [2.05, 4.69) is 18.7 Å². The summed E-state index contributed by atoms with van der Waals surface area (Å²) in [5.74, 6) is -2.53. The van der Waals surface area contributed by atoms with Crippen molar-refractivity contribution in [3.63, 3.8) is 0 Å². The van der Waals surface area contributed by atoms with Crippen LogP contribution in [-0.2, 0) is 19.1 Å². The van der Waals surface area contributed by atoms with Gasteiger partial charge in [0.1, 0.15) is 11.6 Å². The highest BCUT2D eigenvalue weighted by molar-refractivity contribution is 6.07. The highest BCUT2D eigenvalue weighted by Crippen LogP contribution is 2.53. The molecule has 2 aromatic rings. The van der Waals surface area contributed by atoms with E-state index in [-0.39, 0.29) is 30.9 Å². The van der Waals surface area contributed by atoms with Gasteiger partial charge in [0.15, 0.2) is 0 Å². The average Bonchev–Trinajstić information content (AvgIpc) is 3.29. The fourth-order valence-electron chi connectivity index (χ4n) is 6.99. The minimum Gasteiger partial charge on any atom is -0.395 e. The lowest BCUT2D eigenvalue weighted by Gasteiger charge is -2.35. The van der Waals surface area contributed by atoms with Crippen molar-refractivity contribution < 1.29 is 24.2 Å². The van der Waals surface area contributed by atoms with Crippen LogP contribution in [0.15, 0.2) is 78.9 Å². The van der Waals surface area contributed by atoms with Crippen LogP contribution in [0.1, 0.15) is 13.8 Å². The maximum Gasteiger partial charge on any atom is 0.253 e. The number of carbonyl (C=O) groups excluding carboxylic acids is 3. The van der Waals surface area contributed by atoms with E-state index in [0.717, 1.165) is 24.5 Å². The fraction of sp³-hybridized carbons (Fsp3) is 0.406. The van der Waals surface area contributed by atoms with Gasteiger partial charge >= 0.3 is 0 Å². The minimum absolute atomic E-state index is 0.0246. The predicted molar refractivity (Wildman–Crippen MR) is 157 cm³/mol. The van der Waals surface area contributed by atoms with E-state index in [1.807, 2.05) is 78.9 Å². The fourth-order valence-corrected chi connectivity index (χ4v) is 6.99. The first kappa shape index (κ1) is 27.2. The number of rotatable bonds is 7. The number of para-hydroxylation sites is 1. The average molecular weight is 557 g/mol. The van der Waals surface area contributed by atoms with Gasteiger partial charge in [0.25, 0.3) is 5.91 Å². The number of hydrogen-bond acceptors (Lipinski definition) is 6. The third-order valence-electron chi connectivity index (χ3n) is 8.86. The predicted octanol–water partition coefficient (Wildman–Crippen LogP) is 2.61. The molecule has 0 aliphatic carbocycles. The Morgan fingerprint density at radius 2 is 1.54 bits per heavy atom. The highest BCUT2D eigenvalue weighted by Gasteiger charge is 2.71. The van der Waals surface area contributed by atoms with Crippen molar-refractivity contribution in [3.8, 4) is 0 Å². The van der Waals surface area contributed by atoms with E-state index in [9.17, 15) is 19.5 Å². The molecule has 9 nitrogen and oxygen atoms in total. The number of benzene rings is 2. The molecule has 6 rings (SSSR count). The van der Waals surface area contributed by atoms with Gasteiger partial charge in [0.05, 0.1) is 24.5 Å². The molecule has 1 unspecified atom stereocenters. The summed E-state index contributed by atoms with van der Waals surface area (Å²) < 4.78 is 6.66. The lowest BCUT2D eigenvalue weighted by molar-refractivity contribution is -0.141. The molecule has 0 bridgehead atoms. The Morgan fingerprint density at radius 3 is 2.22 bits per heavy atom. The first-order chi connectivity index (χ1) is 19.9. The van der Waals surface area contributed by atoms with Crippen molar-refractivity contribution in [1.82, 2.24) is 4.90 Å². The number of ether oxygens (including phenoxy) is 1. The minimum atomic E-state index is -1.33. The second-order valence-electron chi connectivity index (χ2n) is 10.8. The van der Waals surface area contributed by atoms with Crippen LogP contribution in [0.4, 0.5) is 17.1 Å². The quantitative estimate of drug-likeness (QED) is 0.527. The number of nitrogens with zero attached hydrogens (tertiary/aromatic N) is 4. The van der Waals surface area contributed by atoms with Crippen molar-refractivity contribution in [3.05, 3.63) is 78.9 Å². The molecule has 0 saturated carbocycles. The molecular weight excluding hydrogens is 520 g/mol. The van der Waals surface area contributed by atoms with Crippen LogP contribution in [0.25, 0.3) is 0 Å². The summed E-state index contributed by atoms with van der Waals surface area (Å²) in [4.78, 5) is 49.6. The second-order valence-corrected chi connectivity index (χ2v) is 10.8. The molecule has 2 saturated heterocycles. The number of amides is 3. The number of carbonyl (C=O) groups is 3. The van der Waals surface area contributed by atoms with Crippen molar-refractivity contribution in [1.29, 1.82) is 0 Å². The zero-order valence-corrected chi connectivity index (χ0v) is 23.4. The summed E-state index contributed by atoms with van der Waals surface area (Å²) >= 11 is 0. The van der Waals surface area contributed by atoms with Crippen molar-refractivity contribution in [2.75, 3.05) is 54.0 Å². The lowest BCUT2D eigenvalue weighted by atomic mass is 9.77. The molecule has 5 atom stereocenters. The number of fused-ring (bicyclic) bond motifs is 2. The SMILES string of the molecule is CCN(CC)c1ccc(N2CC=C[C@]34O[C@@H]5C=CCN(c6ccccc6)C(=O)[C@@H]5[C@H]3C(=O)N(CCO)C4C2=O)cc1. The van der Waals surface area contributed by atoms with E-state index in [4.69, 9.17) is 4.74 Å². The van der Waals surface area contributed by atoms with Gasteiger partial charge in [-0.05, 0) is 50.2 Å². The van der Waals surface area contributed by atoms with Gasteiger partial charge in [-0.25, -0.2) is 0 Å². The Labute approximate surface area is 240 Å². The van der Waals surface area contributed by atoms with E-state index in [1.54, 1.807) is 9.80 Å². The maximum absolute atomic E-state index is 14.4. The molecule has 4 aliphatic rings. The van der Waals surface area contributed by atoms with E-state index in [0.29, 0.717) is 18.8 Å². The number of aliphatic hydroxyl groups excluding tert-OH is 1. The maximum atomic E-state index is 14.4. The zero-order valence-electron chi connectivity index (χ0n) is 23.4. The number of aliphatic hydroxyl groups is 1. The van der Waals surface area contributed by atoms with Gasteiger partial charge in [-0.3, -0.25) is 14.4 Å². The molecule has 9 heteroatoms. The van der Waals surface area contributed by atoms with Crippen LogP contribution in [-0.4, -0.2) is 84.8 Å². The smallest absolute Gasteiger partial charge is 0.253 e. The van der Waals surface area contributed by atoms with Gasteiger partial charge < -0.3 is 29.4 Å². The molecule has 4 aliphatic heterocycles. The monoisotopic (exact) mass is 556 g/mol. The summed E-state index contributed by atoms with van der Waals surface area (Å²) in [5, 5.41) is 9.92. The number of anilines is 3. The molecule has 1 spiro atoms. The van der Waals surface area contributed by atoms with E-state index in [1.165, 1.54) is 4.90 Å². The summed E-state index contributed by atoms with van der Waals surface area (Å²) in [6.07, 6.45) is 6.79. The molecule has 214 valence electrons. The summed E-state index contributed by atoms with van der Waals surface area (Å²) in [5.41, 5.74) is 1.20. The van der Waals surface area contributed by atoms with Gasteiger partial charge in [-0.15, -0.1) is 0 Å². The third-order valence-corrected chi connectivity index (χ3v) is 8.86. The first-order valence-corrected chi connectivity index (χ1v) is 14.4. The molecule has 41 heavy (non-hydrogen) atoms. The van der Waals surface area contributed by atoms with Crippen molar-refractivity contribution in [2.45, 2.75) is 31.6 Å². The van der Waals surface area contributed by atoms with Crippen LogP contribution in [0, 0.1) is 11.8 Å². The van der Waals surface area contributed by atoms with Crippen LogP contribution in [0.2, 0.25) is 0 Å². The van der Waals surface area contributed by atoms with Crippen molar-refractivity contribution >= 4 is 34.8 Å². The molecule has 2 fully saturated rings. The Balaban J connectivity index is 1.38. The number of β-amino-alcohol motifs (C(OH)–C–C–N with tert-alkyl or cyclic N) is 1. The largest absolute Gasteiger partial charge is 0.395 e. The number of hydrogen-bond donors (Lipinski definition) is 1. The Hall–Kier alpha value is -3.95. The summed E-state index contributed by atoms with van der Waals surface area (Å²) in [6.45, 7) is 6.28. The van der Waals surface area contributed by atoms with E-state index >= 15 is 0 Å². The van der Waals surface area contributed by atoms with Crippen molar-refractivity contribution in [2.24, 2.45) is 11.8 Å². The van der Waals surface area contributed by atoms with Crippen LogP contribution >= 0.6 is 0 Å². The second kappa shape index (κ2) is 10.8. The standard InChI is InChI=1S/C32H36N4O5/c1-3-33(4-2)22-13-15-24(16-14-22)35-19-9-17-32-27(30(39)36(20-21-37)28(32)31(35)40)26-25(41-32)12-8-18-34(29(26)38)23-10-6-5-7-11-23/h5-17,25-28,37H,3-4,18-21H2,1-2H3/t25-,26+,27+,28?,32+/m1/s1. The molecule has 2 aromatic carbocycles. The zero-order chi connectivity index (χ0) is 28.7. The number of likely N-dealkylation sites (tertiary alicyclic amines) is 1. The van der Waals surface area contributed by atoms with Gasteiger partial charge in [0, 0.05) is 49.8 Å². The van der Waals surface area contributed by atoms with E-state index < -0.39 is 29.6 Å². The normalized spacial score (nSPS) is 28.9. The summed E-state index contributed by atoms with van der Waals surface area (Å²) in [7, 11) is 0. The Morgan fingerprint density at radius 1 is 0.878 bits per heavy atom.